The van der Waals surface area contributed by atoms with Crippen LogP contribution in [0, 0.1) is 0 Å². The van der Waals surface area contributed by atoms with E-state index in [-0.39, 0.29) is 13.2 Å². The molecular weight excluding hydrogens is 344 g/mol. The van der Waals surface area contributed by atoms with Crippen LogP contribution < -0.4 is 10.4 Å². The molecule has 3 rings (SSSR count). The summed E-state index contributed by atoms with van der Waals surface area (Å²) >= 11 is 0. The van der Waals surface area contributed by atoms with E-state index in [0.29, 0.717) is 23.5 Å². The molecule has 1 atom stereocenters. The fourth-order valence-electron chi connectivity index (χ4n) is 2.61. The van der Waals surface area contributed by atoms with E-state index < -0.39 is 11.7 Å². The summed E-state index contributed by atoms with van der Waals surface area (Å²) in [4.78, 5) is 12.3. The molecule has 0 saturated heterocycles. The SMILES string of the molecule is C=C(C)COCC(O)COc1ccc2cc(-c3ccccc3)c(=O)oc2c1. The summed E-state index contributed by atoms with van der Waals surface area (Å²) in [5.74, 6) is 0.511. The van der Waals surface area contributed by atoms with Gasteiger partial charge in [0.1, 0.15) is 24.0 Å². The van der Waals surface area contributed by atoms with Crippen molar-refractivity contribution in [2.24, 2.45) is 0 Å². The number of benzene rings is 2. The van der Waals surface area contributed by atoms with Gasteiger partial charge in [0.15, 0.2) is 0 Å². The number of aliphatic hydroxyl groups excluding tert-OH is 1. The maximum Gasteiger partial charge on any atom is 0.344 e. The predicted octanol–water partition coefficient (Wildman–Crippen LogP) is 3.79. The molecule has 0 aliphatic heterocycles. The molecule has 0 fully saturated rings. The highest BCUT2D eigenvalue weighted by Gasteiger charge is 2.10. The lowest BCUT2D eigenvalue weighted by atomic mass is 10.1. The minimum Gasteiger partial charge on any atom is -0.491 e. The average molecular weight is 366 g/mol. The molecule has 0 spiro atoms. The first-order valence-corrected chi connectivity index (χ1v) is 8.69. The summed E-state index contributed by atoms with van der Waals surface area (Å²) in [6.45, 7) is 6.23. The van der Waals surface area contributed by atoms with Crippen LogP contribution in [-0.4, -0.2) is 31.0 Å². The second-order valence-corrected chi connectivity index (χ2v) is 6.45. The van der Waals surface area contributed by atoms with Gasteiger partial charge in [0.2, 0.25) is 0 Å². The highest BCUT2D eigenvalue weighted by molar-refractivity contribution is 5.82. The van der Waals surface area contributed by atoms with Crippen LogP contribution in [0.2, 0.25) is 0 Å². The van der Waals surface area contributed by atoms with Crippen LogP contribution in [0.15, 0.2) is 76.0 Å². The number of rotatable bonds is 8. The zero-order valence-corrected chi connectivity index (χ0v) is 15.2. The number of fused-ring (bicyclic) bond motifs is 1. The molecule has 0 saturated carbocycles. The number of hydrogen-bond acceptors (Lipinski definition) is 5. The van der Waals surface area contributed by atoms with Crippen molar-refractivity contribution in [2.75, 3.05) is 19.8 Å². The van der Waals surface area contributed by atoms with Gasteiger partial charge in [-0.3, -0.25) is 0 Å². The summed E-state index contributed by atoms with van der Waals surface area (Å²) in [7, 11) is 0. The van der Waals surface area contributed by atoms with Gasteiger partial charge in [-0.25, -0.2) is 4.79 Å². The molecule has 1 unspecified atom stereocenters. The molecule has 1 heterocycles. The standard InChI is InChI=1S/C22H22O5/c1-15(2)12-25-13-18(23)14-26-19-9-8-17-10-20(16-6-4-3-5-7-16)22(24)27-21(17)11-19/h3-11,18,23H,1,12-14H2,2H3. The smallest absolute Gasteiger partial charge is 0.344 e. The van der Waals surface area contributed by atoms with Crippen LogP contribution >= 0.6 is 0 Å². The van der Waals surface area contributed by atoms with Crippen molar-refractivity contribution in [1.29, 1.82) is 0 Å². The molecule has 0 radical (unpaired) electrons. The summed E-state index contributed by atoms with van der Waals surface area (Å²) < 4.78 is 16.3. The highest BCUT2D eigenvalue weighted by atomic mass is 16.5. The zero-order chi connectivity index (χ0) is 19.2. The van der Waals surface area contributed by atoms with Crippen molar-refractivity contribution in [1.82, 2.24) is 0 Å². The van der Waals surface area contributed by atoms with Crippen molar-refractivity contribution >= 4 is 11.0 Å². The summed E-state index contributed by atoms with van der Waals surface area (Å²) in [5.41, 5.74) is 2.25. The van der Waals surface area contributed by atoms with Crippen LogP contribution in [0.4, 0.5) is 0 Å². The lowest BCUT2D eigenvalue weighted by Gasteiger charge is -2.13. The van der Waals surface area contributed by atoms with Crippen LogP contribution in [0.1, 0.15) is 6.92 Å². The molecule has 3 aromatic rings. The Morgan fingerprint density at radius 1 is 1.15 bits per heavy atom. The molecule has 140 valence electrons. The van der Waals surface area contributed by atoms with E-state index in [2.05, 4.69) is 6.58 Å². The van der Waals surface area contributed by atoms with Gasteiger partial charge in [-0.1, -0.05) is 42.5 Å². The van der Waals surface area contributed by atoms with E-state index in [4.69, 9.17) is 13.9 Å². The lowest BCUT2D eigenvalue weighted by molar-refractivity contribution is 0.0195. The van der Waals surface area contributed by atoms with Gasteiger partial charge in [0.25, 0.3) is 0 Å². The van der Waals surface area contributed by atoms with Crippen molar-refractivity contribution in [2.45, 2.75) is 13.0 Å². The Kier molecular flexibility index (Phi) is 6.06. The Hall–Kier alpha value is -2.89. The molecule has 0 bridgehead atoms. The molecule has 0 amide bonds. The number of hydrogen-bond donors (Lipinski definition) is 1. The Labute approximate surface area is 157 Å². The fourth-order valence-corrected chi connectivity index (χ4v) is 2.61. The Morgan fingerprint density at radius 3 is 2.67 bits per heavy atom. The molecule has 1 aromatic heterocycles. The molecule has 27 heavy (non-hydrogen) atoms. The van der Waals surface area contributed by atoms with Gasteiger partial charge in [0, 0.05) is 11.5 Å². The highest BCUT2D eigenvalue weighted by Crippen LogP contribution is 2.24. The topological polar surface area (TPSA) is 68.9 Å². The molecule has 0 aliphatic rings. The average Bonchev–Trinajstić information content (AvgIpc) is 2.66. The fraction of sp³-hybridized carbons (Fsp3) is 0.227. The quantitative estimate of drug-likeness (QED) is 0.485. The van der Waals surface area contributed by atoms with Gasteiger partial charge >= 0.3 is 5.63 Å². The van der Waals surface area contributed by atoms with Crippen molar-refractivity contribution in [3.63, 3.8) is 0 Å². The van der Waals surface area contributed by atoms with Crippen LogP contribution in [0.3, 0.4) is 0 Å². The summed E-state index contributed by atoms with van der Waals surface area (Å²) in [6, 6.07) is 16.4. The van der Waals surface area contributed by atoms with Gasteiger partial charge < -0.3 is 19.0 Å². The van der Waals surface area contributed by atoms with E-state index in [1.165, 1.54) is 0 Å². The second-order valence-electron chi connectivity index (χ2n) is 6.45. The Balaban J connectivity index is 1.71. The number of ether oxygens (including phenoxy) is 2. The third-order valence-electron chi connectivity index (χ3n) is 3.89. The van der Waals surface area contributed by atoms with E-state index in [1.807, 2.05) is 43.3 Å². The van der Waals surface area contributed by atoms with E-state index in [9.17, 15) is 9.90 Å². The molecule has 5 heteroatoms. The van der Waals surface area contributed by atoms with Gasteiger partial charge in [-0.2, -0.15) is 0 Å². The summed E-state index contributed by atoms with van der Waals surface area (Å²) in [5, 5.41) is 10.7. The van der Waals surface area contributed by atoms with Gasteiger partial charge in [-0.05, 0) is 30.7 Å². The van der Waals surface area contributed by atoms with E-state index in [0.717, 1.165) is 16.5 Å². The van der Waals surface area contributed by atoms with Crippen molar-refractivity contribution in [3.05, 3.63) is 77.2 Å². The van der Waals surface area contributed by atoms with E-state index in [1.54, 1.807) is 18.2 Å². The third-order valence-corrected chi connectivity index (χ3v) is 3.89. The maximum atomic E-state index is 12.3. The molecule has 0 aliphatic carbocycles. The van der Waals surface area contributed by atoms with Gasteiger partial charge in [-0.15, -0.1) is 0 Å². The Morgan fingerprint density at radius 2 is 1.93 bits per heavy atom. The lowest BCUT2D eigenvalue weighted by Crippen LogP contribution is -2.23. The minimum absolute atomic E-state index is 0.0774. The predicted molar refractivity (Wildman–Crippen MR) is 105 cm³/mol. The number of aliphatic hydroxyl groups is 1. The third kappa shape index (κ3) is 5.06. The Bertz CT molecular complexity index is 975. The van der Waals surface area contributed by atoms with Crippen LogP contribution in [0.5, 0.6) is 5.75 Å². The summed E-state index contributed by atoms with van der Waals surface area (Å²) in [6.07, 6.45) is -0.757. The van der Waals surface area contributed by atoms with Crippen molar-refractivity contribution < 1.29 is 19.0 Å². The largest absolute Gasteiger partial charge is 0.491 e. The molecule has 1 N–H and O–H groups in total. The molecular formula is C22H22O5. The first-order chi connectivity index (χ1) is 13.0. The monoisotopic (exact) mass is 366 g/mol. The molecule has 2 aromatic carbocycles. The second kappa shape index (κ2) is 8.66. The van der Waals surface area contributed by atoms with Crippen LogP contribution in [-0.2, 0) is 4.74 Å². The zero-order valence-electron chi connectivity index (χ0n) is 15.2. The van der Waals surface area contributed by atoms with Crippen molar-refractivity contribution in [3.8, 4) is 16.9 Å². The van der Waals surface area contributed by atoms with E-state index >= 15 is 0 Å². The molecule has 5 nitrogen and oxygen atoms in total. The first-order valence-electron chi connectivity index (χ1n) is 8.69. The minimum atomic E-state index is -0.757. The first kappa shape index (κ1) is 18.9. The normalized spacial score (nSPS) is 12.1. The maximum absolute atomic E-state index is 12.3. The van der Waals surface area contributed by atoms with Gasteiger partial charge in [0.05, 0.1) is 18.8 Å². The van der Waals surface area contributed by atoms with Crippen LogP contribution in [0.25, 0.3) is 22.1 Å².